The minimum atomic E-state index is 0.0741. The molecule has 0 rings (SSSR count). The number of hydrogen-bond acceptors (Lipinski definition) is 0. The van der Waals surface area contributed by atoms with E-state index in [9.17, 15) is 0 Å². The Balaban J connectivity index is 2.99. The lowest BCUT2D eigenvalue weighted by Gasteiger charge is -2.13. The summed E-state index contributed by atoms with van der Waals surface area (Å²) in [6.45, 7) is 0. The standard InChI is InChI=1S/B6H6/c1-5(2)6(3)4/h1-2H3/q-2. The van der Waals surface area contributed by atoms with Crippen molar-refractivity contribution in [2.24, 2.45) is 0 Å². The van der Waals surface area contributed by atoms with Crippen LogP contribution in [0.4, 0.5) is 0 Å². The van der Waals surface area contributed by atoms with Crippen LogP contribution in [0.2, 0.25) is 0 Å². The summed E-state index contributed by atoms with van der Waals surface area (Å²) in [4.78, 5) is 0. The normalized spacial score (nSPS) is 7.67. The minimum absolute atomic E-state index is 0.0741. The number of rotatable bonds is 1. The Morgan fingerprint density at radius 3 is 1.33 bits per heavy atom. The fourth-order valence-corrected chi connectivity index (χ4v) is 0. The third-order valence-corrected chi connectivity index (χ3v) is 0. The van der Waals surface area contributed by atoms with E-state index in [0.29, 0.717) is 15.5 Å². The lowest BCUT2D eigenvalue weighted by atomic mass is 8.81. The highest BCUT2D eigenvalue weighted by molar-refractivity contribution is 7.76. The molecule has 0 aliphatic carbocycles. The first-order chi connectivity index (χ1) is 2.64. The maximum absolute atomic E-state index is 5.34. The first-order valence-corrected chi connectivity index (χ1v) is 1.00. The molecule has 0 saturated carbocycles. The van der Waals surface area contributed by atoms with Crippen molar-refractivity contribution in [3.63, 3.8) is 0 Å². The molecule has 6 heavy (non-hydrogen) atoms. The molecule has 26 valence electrons. The van der Waals surface area contributed by atoms with Gasteiger partial charge in [-0.2, -0.15) is 0 Å². The third-order valence-electron chi connectivity index (χ3n) is 0. The van der Waals surface area contributed by atoms with Gasteiger partial charge in [-0.1, -0.05) is 6.39 Å². The van der Waals surface area contributed by atoms with Crippen LogP contribution in [0.3, 0.4) is 0 Å². The van der Waals surface area contributed by atoms with Crippen LogP contribution in [0, 0.1) is 0 Å². The molecule has 0 N–H and O–H groups in total. The molecule has 0 heterocycles. The fourth-order valence-electron chi connectivity index (χ4n) is 0. The van der Waals surface area contributed by atoms with Crippen molar-refractivity contribution >= 4 is 43.7 Å². The van der Waals surface area contributed by atoms with Gasteiger partial charge >= 0.3 is 0 Å². The SMILES string of the molecule is [B]B([B])B([BH3-])[BH3-]. The van der Waals surface area contributed by atoms with Gasteiger partial charge in [0.25, 0.3) is 0 Å². The summed E-state index contributed by atoms with van der Waals surface area (Å²) < 4.78 is 0. The Hall–Kier alpha value is 0.390. The Kier molecular flexibility index (Phi) is 2.71. The van der Waals surface area contributed by atoms with Crippen LogP contribution in [0.15, 0.2) is 0 Å². The largest absolute Gasteiger partial charge is 0.262 e. The topological polar surface area (TPSA) is 0 Å². The van der Waals surface area contributed by atoms with E-state index in [-0.39, 0.29) is 6.39 Å². The average molecular weight is 70.9 g/mol. The quantitative estimate of drug-likeness (QED) is 0.277. The predicted octanol–water partition coefficient (Wildman–Crippen LogP) is -3.89. The molecule has 0 aromatic heterocycles. The zero-order valence-electron chi connectivity index (χ0n) is 2.31. The molecule has 0 spiro atoms. The van der Waals surface area contributed by atoms with Crippen LogP contribution in [-0.4, -0.2) is 43.7 Å². The van der Waals surface area contributed by atoms with Crippen molar-refractivity contribution in [3.05, 3.63) is 0 Å². The van der Waals surface area contributed by atoms with E-state index < -0.39 is 0 Å². The highest BCUT2D eigenvalue weighted by Crippen LogP contribution is 1.62. The summed E-state index contributed by atoms with van der Waals surface area (Å²) in [6.07, 6.45) is 0.981. The van der Waals surface area contributed by atoms with E-state index in [1.165, 1.54) is 0 Å². The van der Waals surface area contributed by atoms with Crippen LogP contribution >= 0.6 is 0 Å². The number of hydrogen-bond donors (Lipinski definition) is 0. The molecular formula is H6B6-2. The van der Waals surface area contributed by atoms with Gasteiger partial charge in [0.1, 0.15) is 0 Å². The van der Waals surface area contributed by atoms with Crippen LogP contribution in [0.1, 0.15) is 0 Å². The lowest BCUT2D eigenvalue weighted by molar-refractivity contribution is 3.76. The van der Waals surface area contributed by atoms with Gasteiger partial charge in [0.15, 0.2) is 0 Å². The molecule has 0 bridgehead atoms. The maximum Gasteiger partial charge on any atom is -0.00540 e. The first kappa shape index (κ1) is 6.39. The molecule has 0 aliphatic heterocycles. The summed E-state index contributed by atoms with van der Waals surface area (Å²) in [5, 5.41) is 0. The summed E-state index contributed by atoms with van der Waals surface area (Å²) in [7, 11) is 11.7. The molecule has 0 atom stereocenters. The molecule has 0 aliphatic rings. The molecule has 0 aromatic rings. The van der Waals surface area contributed by atoms with Gasteiger partial charge in [0.05, 0.1) is 0 Å². The Labute approximate surface area is 44.5 Å². The summed E-state index contributed by atoms with van der Waals surface area (Å²) in [6, 6.07) is 0. The van der Waals surface area contributed by atoms with E-state index in [2.05, 4.69) is 0 Å². The van der Waals surface area contributed by atoms with Gasteiger partial charge in [0, 0.05) is 0 Å². The second-order valence-corrected chi connectivity index (χ2v) is 0.577. The van der Waals surface area contributed by atoms with Crippen LogP contribution in [-0.2, 0) is 0 Å². The molecule has 0 fully saturated rings. The summed E-state index contributed by atoms with van der Waals surface area (Å²) in [5.41, 5.74) is 0. The molecule has 6 heteroatoms. The van der Waals surface area contributed by atoms with Gasteiger partial charge in [0.2, 0.25) is 0 Å². The third kappa shape index (κ3) is 2.62. The molecule has 4 radical (unpaired) electrons. The van der Waals surface area contributed by atoms with E-state index in [1.54, 1.807) is 0 Å². The Morgan fingerprint density at radius 1 is 1.17 bits per heavy atom. The highest BCUT2D eigenvalue weighted by Gasteiger charge is 1.88. The fraction of sp³-hybridized carbons (Fsp3) is 0. The van der Waals surface area contributed by atoms with Gasteiger partial charge in [-0.05, 0) is 15.5 Å². The van der Waals surface area contributed by atoms with Gasteiger partial charge in [-0.3, -0.25) is 6.39 Å². The monoisotopic (exact) mass is 72.1 g/mol. The maximum atomic E-state index is 5.34. The van der Waals surface area contributed by atoms with Crippen LogP contribution in [0.25, 0.3) is 0 Å². The average Bonchev–Trinajstić information content (AvgIpc) is 1.36. The molecule has 0 unspecified atom stereocenters. The van der Waals surface area contributed by atoms with Crippen molar-refractivity contribution in [2.45, 2.75) is 0 Å². The lowest BCUT2D eigenvalue weighted by Crippen LogP contribution is -2.38. The van der Waals surface area contributed by atoms with Crippen molar-refractivity contribution < 1.29 is 0 Å². The summed E-state index contributed by atoms with van der Waals surface area (Å²) >= 11 is 0. The molecule has 0 saturated heterocycles. The van der Waals surface area contributed by atoms with E-state index in [1.807, 2.05) is 0 Å². The van der Waals surface area contributed by atoms with Crippen molar-refractivity contribution in [3.8, 4) is 0 Å². The molecule has 0 amide bonds. The van der Waals surface area contributed by atoms with Gasteiger partial charge in [-0.15, -0.1) is 15.5 Å². The van der Waals surface area contributed by atoms with Crippen LogP contribution in [0.5, 0.6) is 0 Å². The summed E-state index contributed by atoms with van der Waals surface area (Å²) in [5.74, 6) is 0. The predicted molar refractivity (Wildman–Crippen MR) is 42.9 cm³/mol. The highest BCUT2D eigenvalue weighted by atomic mass is 12.8. The second-order valence-electron chi connectivity index (χ2n) is 0.577. The van der Waals surface area contributed by atoms with E-state index >= 15 is 0 Å². The van der Waals surface area contributed by atoms with Crippen LogP contribution < -0.4 is 0 Å². The molecular weight excluding hydrogens is 64.9 g/mol. The van der Waals surface area contributed by atoms with Gasteiger partial charge < -0.3 is 0 Å². The van der Waals surface area contributed by atoms with Crippen molar-refractivity contribution in [2.75, 3.05) is 0 Å². The Morgan fingerprint density at radius 2 is 1.33 bits per heavy atom. The van der Waals surface area contributed by atoms with E-state index in [0.717, 1.165) is 6.39 Å². The zero-order valence-corrected chi connectivity index (χ0v) is 2.31. The zero-order chi connectivity index (χ0) is 5.15. The smallest absolute Gasteiger partial charge is 0.00540 e. The minimum Gasteiger partial charge on any atom is -0.262 e. The van der Waals surface area contributed by atoms with Gasteiger partial charge in [-0.25, -0.2) is 0 Å². The van der Waals surface area contributed by atoms with Crippen molar-refractivity contribution in [1.82, 2.24) is 0 Å². The Bertz CT molecular complexity index is 21.0. The molecule has 0 nitrogen and oxygen atoms in total. The second kappa shape index (κ2) is 2.54. The van der Waals surface area contributed by atoms with E-state index in [4.69, 9.17) is 15.5 Å². The molecule has 0 aromatic carbocycles. The first-order valence-electron chi connectivity index (χ1n) is 1.00. The van der Waals surface area contributed by atoms with Crippen molar-refractivity contribution in [1.29, 1.82) is 0 Å².